The number of amides is 1. The Morgan fingerprint density at radius 1 is 1.19 bits per heavy atom. The second-order valence-electron chi connectivity index (χ2n) is 6.33. The van der Waals surface area contributed by atoms with Gasteiger partial charge in [0.2, 0.25) is 5.13 Å². The maximum atomic E-state index is 13.2. The summed E-state index contributed by atoms with van der Waals surface area (Å²) in [5.74, 6) is 0.0235. The molecule has 0 saturated carbocycles. The third-order valence-electron chi connectivity index (χ3n) is 4.18. The normalized spacial score (nSPS) is 10.9. The van der Waals surface area contributed by atoms with E-state index < -0.39 is 5.91 Å². The lowest BCUT2D eigenvalue weighted by atomic mass is 10.2. The van der Waals surface area contributed by atoms with E-state index in [-0.39, 0.29) is 17.3 Å². The lowest BCUT2D eigenvalue weighted by molar-refractivity contribution is 0.101. The number of anilines is 1. The number of carbonyl (C=O) groups excluding carboxylic acids is 1. The predicted octanol–water partition coefficient (Wildman–Crippen LogP) is 5.72. The fourth-order valence-corrected chi connectivity index (χ4v) is 4.65. The van der Waals surface area contributed by atoms with Crippen molar-refractivity contribution in [2.75, 3.05) is 12.4 Å². The van der Waals surface area contributed by atoms with Gasteiger partial charge >= 0.3 is 0 Å². The highest BCUT2D eigenvalue weighted by molar-refractivity contribution is 8.00. The second kappa shape index (κ2) is 9.86. The first kappa shape index (κ1) is 22.5. The van der Waals surface area contributed by atoms with E-state index in [1.54, 1.807) is 30.5 Å². The summed E-state index contributed by atoms with van der Waals surface area (Å²) in [6.45, 7) is 0. The molecule has 4 rings (SSSR count). The van der Waals surface area contributed by atoms with E-state index in [4.69, 9.17) is 27.9 Å². The van der Waals surface area contributed by atoms with E-state index >= 15 is 0 Å². The molecule has 0 aliphatic heterocycles. The first-order valence-electron chi connectivity index (χ1n) is 9.04. The molecular weight excluding hydrogens is 496 g/mol. The summed E-state index contributed by atoms with van der Waals surface area (Å²) in [6, 6.07) is 11.1. The number of carbonyl (C=O) groups is 1. The van der Waals surface area contributed by atoms with E-state index in [0.717, 1.165) is 5.56 Å². The molecule has 4 aromatic rings. The van der Waals surface area contributed by atoms with Gasteiger partial charge < -0.3 is 4.74 Å². The minimum Gasteiger partial charge on any atom is -0.493 e. The molecule has 0 bridgehead atoms. The smallest absolute Gasteiger partial charge is 0.281 e. The van der Waals surface area contributed by atoms with Gasteiger partial charge in [-0.25, -0.2) is 9.07 Å². The van der Waals surface area contributed by atoms with Crippen molar-refractivity contribution in [1.82, 2.24) is 20.0 Å². The van der Waals surface area contributed by atoms with Crippen LogP contribution in [0.2, 0.25) is 10.0 Å². The molecule has 32 heavy (non-hydrogen) atoms. The Bertz CT molecular complexity index is 1260. The number of benzene rings is 2. The van der Waals surface area contributed by atoms with Crippen LogP contribution in [-0.2, 0) is 5.75 Å². The molecule has 0 atom stereocenters. The number of ether oxygens (including phenoxy) is 1. The van der Waals surface area contributed by atoms with Gasteiger partial charge in [0.1, 0.15) is 5.82 Å². The number of thioether (sulfide) groups is 1. The van der Waals surface area contributed by atoms with Crippen LogP contribution in [0.15, 0.2) is 53.0 Å². The molecule has 0 fully saturated rings. The molecule has 0 spiro atoms. The van der Waals surface area contributed by atoms with Crippen molar-refractivity contribution < 1.29 is 13.9 Å². The predicted molar refractivity (Wildman–Crippen MR) is 124 cm³/mol. The van der Waals surface area contributed by atoms with E-state index in [2.05, 4.69) is 20.6 Å². The van der Waals surface area contributed by atoms with Crippen molar-refractivity contribution >= 4 is 57.3 Å². The largest absolute Gasteiger partial charge is 0.493 e. The Hall–Kier alpha value is -2.66. The van der Waals surface area contributed by atoms with Gasteiger partial charge in [0, 0.05) is 5.75 Å². The molecule has 1 amide bonds. The minimum atomic E-state index is -0.500. The van der Waals surface area contributed by atoms with Crippen molar-refractivity contribution in [3.8, 4) is 11.4 Å². The van der Waals surface area contributed by atoms with Crippen molar-refractivity contribution in [3.05, 3.63) is 75.8 Å². The SMILES string of the molecule is COc1cn(-c2ccc(F)cc2)nc1C(=O)Nc1nnc(SCc2ccc(Cl)c(Cl)c2)s1. The average Bonchev–Trinajstić information content (AvgIpc) is 3.42. The monoisotopic (exact) mass is 509 g/mol. The fraction of sp³-hybridized carbons (Fsp3) is 0.100. The lowest BCUT2D eigenvalue weighted by Gasteiger charge is -2.01. The molecule has 2 aromatic heterocycles. The third kappa shape index (κ3) is 5.21. The summed E-state index contributed by atoms with van der Waals surface area (Å²) in [5, 5.41) is 16.3. The van der Waals surface area contributed by atoms with Crippen LogP contribution >= 0.6 is 46.3 Å². The summed E-state index contributed by atoms with van der Waals surface area (Å²) in [7, 11) is 1.44. The molecule has 0 aliphatic carbocycles. The van der Waals surface area contributed by atoms with Crippen LogP contribution in [0.1, 0.15) is 16.1 Å². The van der Waals surface area contributed by atoms with Crippen LogP contribution in [0.3, 0.4) is 0 Å². The number of rotatable bonds is 7. The Balaban J connectivity index is 1.43. The quantitative estimate of drug-likeness (QED) is 0.253. The highest BCUT2D eigenvalue weighted by atomic mass is 35.5. The van der Waals surface area contributed by atoms with Crippen LogP contribution in [0, 0.1) is 5.82 Å². The Kier molecular flexibility index (Phi) is 6.95. The molecule has 12 heteroatoms. The zero-order valence-corrected chi connectivity index (χ0v) is 19.5. The zero-order valence-electron chi connectivity index (χ0n) is 16.4. The maximum absolute atomic E-state index is 13.2. The summed E-state index contributed by atoms with van der Waals surface area (Å²) >= 11 is 14.7. The highest BCUT2D eigenvalue weighted by Crippen LogP contribution is 2.31. The molecule has 2 heterocycles. The maximum Gasteiger partial charge on any atom is 0.281 e. The molecule has 0 aliphatic rings. The van der Waals surface area contributed by atoms with Crippen LogP contribution in [0.25, 0.3) is 5.69 Å². The van der Waals surface area contributed by atoms with Gasteiger partial charge in [0.05, 0.1) is 29.0 Å². The van der Waals surface area contributed by atoms with Gasteiger partial charge in [-0.3, -0.25) is 10.1 Å². The summed E-state index contributed by atoms with van der Waals surface area (Å²) in [6.07, 6.45) is 1.54. The highest BCUT2D eigenvalue weighted by Gasteiger charge is 2.20. The minimum absolute atomic E-state index is 0.0667. The summed E-state index contributed by atoms with van der Waals surface area (Å²) in [4.78, 5) is 12.7. The van der Waals surface area contributed by atoms with Gasteiger partial charge in [0.25, 0.3) is 5.91 Å². The molecule has 0 unspecified atom stereocenters. The van der Waals surface area contributed by atoms with Crippen molar-refractivity contribution in [3.63, 3.8) is 0 Å². The number of hydrogen-bond acceptors (Lipinski definition) is 7. The van der Waals surface area contributed by atoms with Gasteiger partial charge in [-0.15, -0.1) is 10.2 Å². The lowest BCUT2D eigenvalue weighted by Crippen LogP contribution is -2.14. The molecule has 164 valence electrons. The van der Waals surface area contributed by atoms with Gasteiger partial charge in [-0.05, 0) is 42.0 Å². The zero-order chi connectivity index (χ0) is 22.7. The van der Waals surface area contributed by atoms with Crippen LogP contribution in [0.4, 0.5) is 9.52 Å². The third-order valence-corrected chi connectivity index (χ3v) is 6.96. The number of nitrogens with zero attached hydrogens (tertiary/aromatic N) is 4. The van der Waals surface area contributed by atoms with Crippen LogP contribution in [0.5, 0.6) is 5.75 Å². The summed E-state index contributed by atoms with van der Waals surface area (Å²) in [5.41, 5.74) is 1.64. The molecule has 1 N–H and O–H groups in total. The van der Waals surface area contributed by atoms with Crippen LogP contribution in [-0.4, -0.2) is 33.0 Å². The second-order valence-corrected chi connectivity index (χ2v) is 9.35. The van der Waals surface area contributed by atoms with Gasteiger partial charge in [0.15, 0.2) is 15.8 Å². The van der Waals surface area contributed by atoms with E-state index in [1.165, 1.54) is 47.0 Å². The van der Waals surface area contributed by atoms with Crippen molar-refractivity contribution in [2.24, 2.45) is 0 Å². The molecule has 2 aromatic carbocycles. The standard InChI is InChI=1S/C20H14Cl2FN5O2S2/c1-30-16-9-28(13-5-3-12(23)4-6-13)27-17(16)18(29)24-19-25-26-20(32-19)31-10-11-2-7-14(21)15(22)8-11/h2-9H,10H2,1H3,(H,24,25,29). The Morgan fingerprint density at radius 2 is 1.97 bits per heavy atom. The number of methoxy groups -OCH3 is 1. The van der Waals surface area contributed by atoms with Crippen molar-refractivity contribution in [2.45, 2.75) is 10.1 Å². The number of aromatic nitrogens is 4. The number of halogens is 3. The molecule has 0 saturated heterocycles. The van der Waals surface area contributed by atoms with E-state index in [1.807, 2.05) is 6.07 Å². The van der Waals surface area contributed by atoms with Gasteiger partial charge in [-0.2, -0.15) is 5.10 Å². The Morgan fingerprint density at radius 3 is 2.69 bits per heavy atom. The molecule has 7 nitrogen and oxygen atoms in total. The number of hydrogen-bond donors (Lipinski definition) is 1. The van der Waals surface area contributed by atoms with Gasteiger partial charge in [-0.1, -0.05) is 52.4 Å². The fourth-order valence-electron chi connectivity index (χ4n) is 2.64. The van der Waals surface area contributed by atoms with Crippen molar-refractivity contribution in [1.29, 1.82) is 0 Å². The van der Waals surface area contributed by atoms with E-state index in [0.29, 0.717) is 31.0 Å². The Labute approximate surface area is 200 Å². The summed E-state index contributed by atoms with van der Waals surface area (Å²) < 4.78 is 20.5. The first-order chi connectivity index (χ1) is 15.4. The number of nitrogens with one attached hydrogen (secondary N) is 1. The topological polar surface area (TPSA) is 81.9 Å². The average molecular weight is 510 g/mol. The van der Waals surface area contributed by atoms with Crippen LogP contribution < -0.4 is 10.1 Å². The molecule has 0 radical (unpaired) electrons. The molecular formula is C20H14Cl2FN5O2S2. The first-order valence-corrected chi connectivity index (χ1v) is 11.6. The van der Waals surface area contributed by atoms with E-state index in [9.17, 15) is 9.18 Å².